The van der Waals surface area contributed by atoms with Crippen LogP contribution in [0.1, 0.15) is 31.2 Å². The summed E-state index contributed by atoms with van der Waals surface area (Å²) in [6.07, 6.45) is 5.95. The van der Waals surface area contributed by atoms with E-state index in [9.17, 15) is 17.6 Å². The molecule has 0 aliphatic heterocycles. The quantitative estimate of drug-likeness (QED) is 0.734. The minimum atomic E-state index is -3.39. The number of amides is 1. The second kappa shape index (κ2) is 8.56. The summed E-state index contributed by atoms with van der Waals surface area (Å²) >= 11 is 0. The van der Waals surface area contributed by atoms with Crippen molar-refractivity contribution in [3.63, 3.8) is 0 Å². The summed E-state index contributed by atoms with van der Waals surface area (Å²) in [6.45, 7) is 0. The Morgan fingerprint density at radius 2 is 1.93 bits per heavy atom. The molecule has 7 heteroatoms. The zero-order valence-electron chi connectivity index (χ0n) is 15.5. The fraction of sp³-hybridized carbons (Fsp3) is 0.286. The summed E-state index contributed by atoms with van der Waals surface area (Å²) in [5, 5.41) is 2.30. The number of halogens is 1. The van der Waals surface area contributed by atoms with Crippen LogP contribution in [0.15, 0.2) is 53.4 Å². The number of methoxy groups -OCH3 is 1. The van der Waals surface area contributed by atoms with Crippen LogP contribution in [0.3, 0.4) is 0 Å². The average Bonchev–Trinajstić information content (AvgIpc) is 3.22. The van der Waals surface area contributed by atoms with E-state index in [1.165, 1.54) is 37.5 Å². The number of nitrogens with one attached hydrogen (secondary N) is 1. The van der Waals surface area contributed by atoms with E-state index in [0.717, 1.165) is 12.8 Å². The zero-order valence-corrected chi connectivity index (χ0v) is 16.3. The Kier molecular flexibility index (Phi) is 6.14. The van der Waals surface area contributed by atoms with Crippen LogP contribution in [0, 0.1) is 5.82 Å². The SMILES string of the molecule is COc1ccc(/C=C/C(=O)Nc2cccc(S(=O)(=O)C3CCCC3)c2)cc1F. The topological polar surface area (TPSA) is 72.5 Å². The predicted molar refractivity (Wildman–Crippen MR) is 106 cm³/mol. The monoisotopic (exact) mass is 403 g/mol. The third-order valence-corrected chi connectivity index (χ3v) is 7.03. The van der Waals surface area contributed by atoms with E-state index in [-0.39, 0.29) is 15.9 Å². The lowest BCUT2D eigenvalue weighted by molar-refractivity contribution is -0.111. The lowest BCUT2D eigenvalue weighted by atomic mass is 10.2. The van der Waals surface area contributed by atoms with Gasteiger partial charge in [0.15, 0.2) is 21.4 Å². The van der Waals surface area contributed by atoms with Gasteiger partial charge >= 0.3 is 0 Å². The van der Waals surface area contributed by atoms with Gasteiger partial charge in [-0.15, -0.1) is 0 Å². The first-order valence-electron chi connectivity index (χ1n) is 9.07. The second-order valence-electron chi connectivity index (χ2n) is 6.70. The first-order chi connectivity index (χ1) is 13.4. The summed E-state index contributed by atoms with van der Waals surface area (Å²) in [7, 11) is -2.01. The molecule has 0 radical (unpaired) electrons. The van der Waals surface area contributed by atoms with E-state index in [2.05, 4.69) is 5.32 Å². The molecule has 0 unspecified atom stereocenters. The lowest BCUT2D eigenvalue weighted by Gasteiger charge is -2.12. The molecule has 0 atom stereocenters. The van der Waals surface area contributed by atoms with Gasteiger partial charge in [-0.25, -0.2) is 12.8 Å². The van der Waals surface area contributed by atoms with E-state index in [1.54, 1.807) is 24.3 Å². The molecule has 1 saturated carbocycles. The van der Waals surface area contributed by atoms with Crippen LogP contribution >= 0.6 is 0 Å². The predicted octanol–water partition coefficient (Wildman–Crippen LogP) is 4.20. The molecule has 2 aromatic carbocycles. The molecule has 5 nitrogen and oxygen atoms in total. The summed E-state index contributed by atoms with van der Waals surface area (Å²) in [4.78, 5) is 12.4. The number of ether oxygens (including phenoxy) is 1. The minimum absolute atomic E-state index is 0.127. The Labute approximate surface area is 164 Å². The Balaban J connectivity index is 1.70. The fourth-order valence-electron chi connectivity index (χ4n) is 3.28. The Morgan fingerprint density at radius 1 is 1.18 bits per heavy atom. The number of hydrogen-bond acceptors (Lipinski definition) is 4. The molecule has 0 saturated heterocycles. The van der Waals surface area contributed by atoms with Gasteiger partial charge in [0.05, 0.1) is 17.3 Å². The van der Waals surface area contributed by atoms with Crippen LogP contribution in [-0.2, 0) is 14.6 Å². The molecule has 148 valence electrons. The molecule has 2 aromatic rings. The molecule has 1 amide bonds. The Hall–Kier alpha value is -2.67. The molecule has 1 aliphatic rings. The van der Waals surface area contributed by atoms with Gasteiger partial charge in [0, 0.05) is 11.8 Å². The highest BCUT2D eigenvalue weighted by atomic mass is 32.2. The standard InChI is InChI=1S/C21H22FNO4S/c1-27-20-11-9-15(13-19(20)22)10-12-21(24)23-16-5-4-8-18(14-16)28(25,26)17-6-2-3-7-17/h4-5,8-14,17H,2-3,6-7H2,1H3,(H,23,24)/b12-10+. The van der Waals surface area contributed by atoms with Crippen molar-refractivity contribution in [2.75, 3.05) is 12.4 Å². The maximum atomic E-state index is 13.7. The smallest absolute Gasteiger partial charge is 0.248 e. The van der Waals surface area contributed by atoms with Crippen LogP contribution in [-0.4, -0.2) is 26.7 Å². The number of rotatable bonds is 6. The van der Waals surface area contributed by atoms with Crippen molar-refractivity contribution in [2.45, 2.75) is 35.8 Å². The van der Waals surface area contributed by atoms with Crippen LogP contribution in [0.2, 0.25) is 0 Å². The highest BCUT2D eigenvalue weighted by Crippen LogP contribution is 2.30. The maximum Gasteiger partial charge on any atom is 0.248 e. The lowest BCUT2D eigenvalue weighted by Crippen LogP contribution is -2.18. The van der Waals surface area contributed by atoms with Crippen molar-refractivity contribution in [2.24, 2.45) is 0 Å². The molecule has 1 aliphatic carbocycles. The Bertz CT molecular complexity index is 995. The highest BCUT2D eigenvalue weighted by Gasteiger charge is 2.30. The van der Waals surface area contributed by atoms with Crippen molar-refractivity contribution in [3.05, 3.63) is 59.9 Å². The van der Waals surface area contributed by atoms with Gasteiger partial charge in [-0.3, -0.25) is 4.79 Å². The van der Waals surface area contributed by atoms with Gasteiger partial charge < -0.3 is 10.1 Å². The van der Waals surface area contributed by atoms with E-state index >= 15 is 0 Å². The van der Waals surface area contributed by atoms with Gasteiger partial charge in [-0.2, -0.15) is 0 Å². The average molecular weight is 403 g/mol. The maximum absolute atomic E-state index is 13.7. The molecule has 0 aromatic heterocycles. The molecule has 0 spiro atoms. The normalized spacial score (nSPS) is 15.1. The minimum Gasteiger partial charge on any atom is -0.494 e. The van der Waals surface area contributed by atoms with E-state index in [1.807, 2.05) is 0 Å². The number of carbonyl (C=O) groups is 1. The molecular formula is C21H22FNO4S. The molecule has 1 N–H and O–H groups in total. The van der Waals surface area contributed by atoms with Crippen LogP contribution in [0.25, 0.3) is 6.08 Å². The van der Waals surface area contributed by atoms with Gasteiger partial charge in [-0.05, 0) is 54.8 Å². The Morgan fingerprint density at radius 3 is 2.61 bits per heavy atom. The number of benzene rings is 2. The molecule has 0 heterocycles. The highest BCUT2D eigenvalue weighted by molar-refractivity contribution is 7.92. The molecular weight excluding hydrogens is 381 g/mol. The van der Waals surface area contributed by atoms with Crippen LogP contribution in [0.4, 0.5) is 10.1 Å². The first-order valence-corrected chi connectivity index (χ1v) is 10.6. The van der Waals surface area contributed by atoms with E-state index < -0.39 is 21.6 Å². The number of anilines is 1. The second-order valence-corrected chi connectivity index (χ2v) is 8.92. The van der Waals surface area contributed by atoms with Crippen molar-refractivity contribution >= 4 is 27.5 Å². The summed E-state index contributed by atoms with van der Waals surface area (Å²) in [5.41, 5.74) is 0.903. The first kappa shape index (κ1) is 20.1. The number of sulfone groups is 1. The number of carbonyl (C=O) groups excluding carboxylic acids is 1. The van der Waals surface area contributed by atoms with Crippen molar-refractivity contribution in [3.8, 4) is 5.75 Å². The largest absolute Gasteiger partial charge is 0.494 e. The third-order valence-electron chi connectivity index (χ3n) is 4.77. The van der Waals surface area contributed by atoms with Gasteiger partial charge in [0.25, 0.3) is 0 Å². The summed E-state index contributed by atoms with van der Waals surface area (Å²) in [6, 6.07) is 10.6. The van der Waals surface area contributed by atoms with E-state index in [0.29, 0.717) is 24.1 Å². The zero-order chi connectivity index (χ0) is 20.1. The van der Waals surface area contributed by atoms with Crippen LogP contribution in [0.5, 0.6) is 5.75 Å². The molecule has 1 fully saturated rings. The van der Waals surface area contributed by atoms with Crippen molar-refractivity contribution in [1.29, 1.82) is 0 Å². The summed E-state index contributed by atoms with van der Waals surface area (Å²) < 4.78 is 43.9. The van der Waals surface area contributed by atoms with Crippen molar-refractivity contribution < 1.29 is 22.3 Å². The van der Waals surface area contributed by atoms with Crippen LogP contribution < -0.4 is 10.1 Å². The number of hydrogen-bond donors (Lipinski definition) is 1. The fourth-order valence-corrected chi connectivity index (χ4v) is 5.18. The van der Waals surface area contributed by atoms with E-state index in [4.69, 9.17) is 4.74 Å². The molecule has 0 bridgehead atoms. The third kappa shape index (κ3) is 4.59. The van der Waals surface area contributed by atoms with Gasteiger partial charge in [0.1, 0.15) is 0 Å². The van der Waals surface area contributed by atoms with Gasteiger partial charge in [-0.1, -0.05) is 25.0 Å². The van der Waals surface area contributed by atoms with Gasteiger partial charge in [0.2, 0.25) is 5.91 Å². The molecule has 28 heavy (non-hydrogen) atoms. The molecule has 3 rings (SSSR count). The van der Waals surface area contributed by atoms with Crippen molar-refractivity contribution in [1.82, 2.24) is 0 Å². The summed E-state index contributed by atoms with van der Waals surface area (Å²) in [5.74, 6) is -0.830.